The highest BCUT2D eigenvalue weighted by Crippen LogP contribution is 2.35. The number of hydrogen-bond donors (Lipinski definition) is 1. The number of para-hydroxylation sites is 1. The lowest BCUT2D eigenvalue weighted by Crippen LogP contribution is -2.33. The van der Waals surface area contributed by atoms with Gasteiger partial charge in [0.15, 0.2) is 0 Å². The van der Waals surface area contributed by atoms with Gasteiger partial charge in [0.2, 0.25) is 0 Å². The number of rotatable bonds is 5. The normalized spacial score (nSPS) is 11.4. The summed E-state index contributed by atoms with van der Waals surface area (Å²) in [5, 5.41) is 0. The van der Waals surface area contributed by atoms with E-state index >= 15 is 0 Å². The molecule has 112 valence electrons. The summed E-state index contributed by atoms with van der Waals surface area (Å²) in [4.78, 5) is 13.8. The molecular formula is C14H19F3N2O. The van der Waals surface area contributed by atoms with Crippen LogP contribution in [0, 0.1) is 0 Å². The topological polar surface area (TPSA) is 46.3 Å². The van der Waals surface area contributed by atoms with Crippen LogP contribution in [0.4, 0.5) is 18.9 Å². The molecule has 3 nitrogen and oxygen atoms in total. The summed E-state index contributed by atoms with van der Waals surface area (Å²) in [5.41, 5.74) is 3.99. The number of amides is 1. The maximum atomic E-state index is 12.8. The molecule has 0 atom stereocenters. The molecule has 0 saturated carbocycles. The van der Waals surface area contributed by atoms with E-state index in [4.69, 9.17) is 5.73 Å². The maximum absolute atomic E-state index is 12.8. The fraction of sp³-hybridized carbons (Fsp3) is 0.500. The molecule has 0 saturated heterocycles. The summed E-state index contributed by atoms with van der Waals surface area (Å²) in [6, 6.07) is 3.43. The van der Waals surface area contributed by atoms with E-state index in [0.717, 1.165) is 18.9 Å². The van der Waals surface area contributed by atoms with Crippen LogP contribution < -0.4 is 5.73 Å². The second kappa shape index (κ2) is 6.63. The second-order valence-electron chi connectivity index (χ2n) is 4.56. The molecule has 20 heavy (non-hydrogen) atoms. The van der Waals surface area contributed by atoms with Gasteiger partial charge in [-0.15, -0.1) is 0 Å². The summed E-state index contributed by atoms with van der Waals surface area (Å²) in [6.45, 7) is 4.82. The highest BCUT2D eigenvalue weighted by molar-refractivity contribution is 5.99. The first kappa shape index (κ1) is 16.3. The second-order valence-corrected chi connectivity index (χ2v) is 4.56. The Balaban J connectivity index is 3.16. The van der Waals surface area contributed by atoms with Crippen molar-refractivity contribution in [2.24, 2.45) is 0 Å². The Bertz CT molecular complexity index is 466. The first-order chi connectivity index (χ1) is 9.32. The molecule has 0 spiro atoms. The molecule has 0 fully saturated rings. The average Bonchev–Trinajstić information content (AvgIpc) is 2.36. The predicted octanol–water partition coefficient (Wildman–Crippen LogP) is 3.55. The van der Waals surface area contributed by atoms with Crippen LogP contribution in [-0.2, 0) is 6.18 Å². The highest BCUT2D eigenvalue weighted by atomic mass is 19.4. The molecule has 1 aromatic carbocycles. The van der Waals surface area contributed by atoms with Crippen LogP contribution in [0.25, 0.3) is 0 Å². The van der Waals surface area contributed by atoms with Gasteiger partial charge in [0.05, 0.1) is 16.8 Å². The fourth-order valence-corrected chi connectivity index (χ4v) is 2.02. The van der Waals surface area contributed by atoms with Gasteiger partial charge >= 0.3 is 6.18 Å². The third-order valence-corrected chi connectivity index (χ3v) is 2.92. The quantitative estimate of drug-likeness (QED) is 0.842. The number of nitrogen functional groups attached to an aromatic ring is 1. The zero-order valence-corrected chi connectivity index (χ0v) is 11.6. The van der Waals surface area contributed by atoms with Crippen molar-refractivity contribution in [3.05, 3.63) is 29.3 Å². The molecule has 0 bridgehead atoms. The molecule has 2 N–H and O–H groups in total. The summed E-state index contributed by atoms with van der Waals surface area (Å²) in [6.07, 6.45) is -3.07. The van der Waals surface area contributed by atoms with E-state index in [2.05, 4.69) is 0 Å². The Morgan fingerprint density at radius 2 is 1.75 bits per heavy atom. The summed E-state index contributed by atoms with van der Waals surface area (Å²) in [5.74, 6) is -0.447. The van der Waals surface area contributed by atoms with E-state index in [-0.39, 0.29) is 5.56 Å². The van der Waals surface area contributed by atoms with Gasteiger partial charge in [0.25, 0.3) is 5.91 Å². The molecule has 1 amide bonds. The van der Waals surface area contributed by atoms with Gasteiger partial charge in [0, 0.05) is 13.1 Å². The number of hydrogen-bond acceptors (Lipinski definition) is 2. The molecule has 1 aromatic rings. The minimum atomic E-state index is -4.55. The van der Waals surface area contributed by atoms with Crippen molar-refractivity contribution in [3.63, 3.8) is 0 Å². The minimum absolute atomic E-state index is 0.0817. The zero-order chi connectivity index (χ0) is 15.3. The van der Waals surface area contributed by atoms with E-state index in [0.29, 0.717) is 13.1 Å². The standard InChI is InChI=1S/C14H19F3N2O/c1-3-8-19(9-4-2)13(20)10-6-5-7-11(12(10)18)14(15,16)17/h5-7H,3-4,8-9,18H2,1-2H3. The van der Waals surface area contributed by atoms with Crippen molar-refractivity contribution in [2.75, 3.05) is 18.8 Å². The Morgan fingerprint density at radius 3 is 2.20 bits per heavy atom. The molecular weight excluding hydrogens is 269 g/mol. The Labute approximate surface area is 116 Å². The summed E-state index contributed by atoms with van der Waals surface area (Å²) >= 11 is 0. The molecule has 0 aliphatic heterocycles. The monoisotopic (exact) mass is 288 g/mol. The Kier molecular flexibility index (Phi) is 5.42. The summed E-state index contributed by atoms with van der Waals surface area (Å²) < 4.78 is 38.4. The molecule has 0 aliphatic rings. The Hall–Kier alpha value is -1.72. The number of halogens is 3. The third kappa shape index (κ3) is 3.65. The number of carbonyl (C=O) groups is 1. The van der Waals surface area contributed by atoms with Crippen molar-refractivity contribution < 1.29 is 18.0 Å². The van der Waals surface area contributed by atoms with Gasteiger partial charge in [-0.05, 0) is 25.0 Å². The van der Waals surface area contributed by atoms with E-state index < -0.39 is 23.3 Å². The van der Waals surface area contributed by atoms with Crippen LogP contribution in [0.3, 0.4) is 0 Å². The lowest BCUT2D eigenvalue weighted by molar-refractivity contribution is -0.136. The Morgan fingerprint density at radius 1 is 1.20 bits per heavy atom. The average molecular weight is 288 g/mol. The molecule has 0 aliphatic carbocycles. The predicted molar refractivity (Wildman–Crippen MR) is 72.3 cm³/mol. The van der Waals surface area contributed by atoms with Gasteiger partial charge < -0.3 is 10.6 Å². The number of benzene rings is 1. The molecule has 6 heteroatoms. The molecule has 1 rings (SSSR count). The van der Waals surface area contributed by atoms with Crippen molar-refractivity contribution in [1.29, 1.82) is 0 Å². The van der Waals surface area contributed by atoms with Crippen molar-refractivity contribution in [3.8, 4) is 0 Å². The van der Waals surface area contributed by atoms with Crippen molar-refractivity contribution in [2.45, 2.75) is 32.9 Å². The van der Waals surface area contributed by atoms with Crippen LogP contribution in [0.1, 0.15) is 42.6 Å². The number of nitrogens with two attached hydrogens (primary N) is 1. The van der Waals surface area contributed by atoms with E-state index in [9.17, 15) is 18.0 Å². The highest BCUT2D eigenvalue weighted by Gasteiger charge is 2.34. The van der Waals surface area contributed by atoms with Gasteiger partial charge in [-0.2, -0.15) is 13.2 Å². The summed E-state index contributed by atoms with van der Waals surface area (Å²) in [7, 11) is 0. The van der Waals surface area contributed by atoms with E-state index in [1.165, 1.54) is 17.0 Å². The molecule has 0 unspecified atom stereocenters. The van der Waals surface area contributed by atoms with Gasteiger partial charge in [-0.3, -0.25) is 4.79 Å². The zero-order valence-electron chi connectivity index (χ0n) is 11.6. The van der Waals surface area contributed by atoms with E-state index in [1.54, 1.807) is 0 Å². The van der Waals surface area contributed by atoms with Gasteiger partial charge in [-0.25, -0.2) is 0 Å². The lowest BCUT2D eigenvalue weighted by atomic mass is 10.1. The first-order valence-corrected chi connectivity index (χ1v) is 6.57. The van der Waals surface area contributed by atoms with Gasteiger partial charge in [0.1, 0.15) is 0 Å². The SMILES string of the molecule is CCCN(CCC)C(=O)c1cccc(C(F)(F)F)c1N. The van der Waals surface area contributed by atoms with Crippen LogP contribution >= 0.6 is 0 Å². The molecule has 0 heterocycles. The number of anilines is 1. The molecule has 0 aromatic heterocycles. The molecule has 0 radical (unpaired) electrons. The van der Waals surface area contributed by atoms with Crippen LogP contribution in [-0.4, -0.2) is 23.9 Å². The first-order valence-electron chi connectivity index (χ1n) is 6.57. The van der Waals surface area contributed by atoms with Crippen LogP contribution in [0.2, 0.25) is 0 Å². The largest absolute Gasteiger partial charge is 0.418 e. The van der Waals surface area contributed by atoms with Crippen molar-refractivity contribution in [1.82, 2.24) is 4.90 Å². The van der Waals surface area contributed by atoms with Crippen molar-refractivity contribution >= 4 is 11.6 Å². The van der Waals surface area contributed by atoms with Crippen LogP contribution in [0.15, 0.2) is 18.2 Å². The smallest absolute Gasteiger partial charge is 0.398 e. The maximum Gasteiger partial charge on any atom is 0.418 e. The van der Waals surface area contributed by atoms with E-state index in [1.807, 2.05) is 13.8 Å². The number of nitrogens with zero attached hydrogens (tertiary/aromatic N) is 1. The number of alkyl halides is 3. The number of carbonyl (C=O) groups excluding carboxylic acids is 1. The third-order valence-electron chi connectivity index (χ3n) is 2.92. The van der Waals surface area contributed by atoms with Crippen LogP contribution in [0.5, 0.6) is 0 Å². The van der Waals surface area contributed by atoms with Gasteiger partial charge in [-0.1, -0.05) is 19.9 Å². The minimum Gasteiger partial charge on any atom is -0.398 e. The fourth-order valence-electron chi connectivity index (χ4n) is 2.02. The lowest BCUT2D eigenvalue weighted by Gasteiger charge is -2.23.